The lowest BCUT2D eigenvalue weighted by Gasteiger charge is -2.08. The molecule has 4 nitrogen and oxygen atoms in total. The number of nitrogens with zero attached hydrogens (tertiary/aromatic N) is 1. The summed E-state index contributed by atoms with van der Waals surface area (Å²) in [6, 6.07) is 3.98. The van der Waals surface area contributed by atoms with Crippen LogP contribution in [0, 0.1) is 0 Å². The van der Waals surface area contributed by atoms with Gasteiger partial charge in [-0.3, -0.25) is 0 Å². The van der Waals surface area contributed by atoms with Gasteiger partial charge < -0.3 is 19.4 Å². The lowest BCUT2D eigenvalue weighted by molar-refractivity contribution is 0.397. The molecule has 0 spiro atoms. The molecule has 0 fully saturated rings. The van der Waals surface area contributed by atoms with Gasteiger partial charge in [0.05, 0.1) is 19.7 Å². The van der Waals surface area contributed by atoms with Crippen molar-refractivity contribution < 1.29 is 9.47 Å². The maximum absolute atomic E-state index is 5.49. The number of aryl methyl sites for hydroxylation is 1. The molecule has 2 rings (SSSR count). The average molecular weight is 248 g/mol. The monoisotopic (exact) mass is 248 g/mol. The maximum atomic E-state index is 5.49. The number of ether oxygens (including phenoxy) is 2. The first kappa shape index (κ1) is 12.8. The number of nitrogens with one attached hydrogen (secondary N) is 1. The van der Waals surface area contributed by atoms with Crippen molar-refractivity contribution in [2.45, 2.75) is 6.42 Å². The molecule has 0 saturated heterocycles. The first-order valence-corrected chi connectivity index (χ1v) is 6.05. The fourth-order valence-corrected chi connectivity index (χ4v) is 2.27. The van der Waals surface area contributed by atoms with Crippen LogP contribution in [0.5, 0.6) is 11.5 Å². The molecule has 0 aliphatic rings. The van der Waals surface area contributed by atoms with Gasteiger partial charge in [0.2, 0.25) is 0 Å². The Morgan fingerprint density at radius 3 is 2.61 bits per heavy atom. The van der Waals surface area contributed by atoms with E-state index >= 15 is 0 Å². The third-order valence-electron chi connectivity index (χ3n) is 3.21. The van der Waals surface area contributed by atoms with Crippen molar-refractivity contribution in [1.29, 1.82) is 0 Å². The van der Waals surface area contributed by atoms with Gasteiger partial charge in [-0.1, -0.05) is 0 Å². The summed E-state index contributed by atoms with van der Waals surface area (Å²) >= 11 is 0. The number of benzene rings is 1. The lowest BCUT2D eigenvalue weighted by Crippen LogP contribution is -2.10. The summed E-state index contributed by atoms with van der Waals surface area (Å²) in [5, 5.41) is 4.35. The first-order chi connectivity index (χ1) is 8.71. The molecular weight excluding hydrogens is 228 g/mol. The molecule has 1 N–H and O–H groups in total. The largest absolute Gasteiger partial charge is 0.497 e. The number of likely N-dealkylation sites (N-methyl/N-ethyl adjacent to an activating group) is 1. The van der Waals surface area contributed by atoms with E-state index in [4.69, 9.17) is 9.47 Å². The molecule has 0 saturated carbocycles. The SMILES string of the molecule is CNCCc1cn(C)c2cc(OC)cc(OC)c12. The maximum Gasteiger partial charge on any atom is 0.132 e. The van der Waals surface area contributed by atoms with Gasteiger partial charge in [-0.25, -0.2) is 0 Å². The third kappa shape index (κ3) is 2.16. The zero-order chi connectivity index (χ0) is 13.1. The molecular formula is C14H20N2O2. The van der Waals surface area contributed by atoms with Gasteiger partial charge in [0.15, 0.2) is 0 Å². The number of rotatable bonds is 5. The molecule has 98 valence electrons. The normalized spacial score (nSPS) is 10.9. The molecule has 0 radical (unpaired) electrons. The van der Waals surface area contributed by atoms with E-state index in [0.717, 1.165) is 30.0 Å². The van der Waals surface area contributed by atoms with Crippen LogP contribution in [-0.2, 0) is 13.5 Å². The van der Waals surface area contributed by atoms with Gasteiger partial charge in [0.25, 0.3) is 0 Å². The van der Waals surface area contributed by atoms with Crippen molar-refractivity contribution in [3.63, 3.8) is 0 Å². The molecule has 0 amide bonds. The molecule has 0 aliphatic carbocycles. The Kier molecular flexibility index (Phi) is 3.77. The Hall–Kier alpha value is -1.68. The van der Waals surface area contributed by atoms with Crippen molar-refractivity contribution in [1.82, 2.24) is 9.88 Å². The molecule has 0 atom stereocenters. The van der Waals surface area contributed by atoms with Crippen LogP contribution in [0.15, 0.2) is 18.3 Å². The summed E-state index contributed by atoms with van der Waals surface area (Å²) in [6.45, 7) is 0.953. The van der Waals surface area contributed by atoms with E-state index in [1.807, 2.05) is 26.2 Å². The Bertz CT molecular complexity index is 546. The summed E-state index contributed by atoms with van der Waals surface area (Å²) in [5.41, 5.74) is 2.43. The Labute approximate surface area is 107 Å². The van der Waals surface area contributed by atoms with E-state index in [1.165, 1.54) is 10.9 Å². The van der Waals surface area contributed by atoms with Gasteiger partial charge in [0, 0.05) is 30.8 Å². The minimum atomic E-state index is 0.820. The molecule has 1 aromatic heterocycles. The fourth-order valence-electron chi connectivity index (χ4n) is 2.27. The molecule has 0 aliphatic heterocycles. The van der Waals surface area contributed by atoms with E-state index in [2.05, 4.69) is 16.1 Å². The second kappa shape index (κ2) is 5.31. The summed E-state index contributed by atoms with van der Waals surface area (Å²) in [4.78, 5) is 0. The Morgan fingerprint density at radius 1 is 1.22 bits per heavy atom. The fraction of sp³-hybridized carbons (Fsp3) is 0.429. The summed E-state index contributed by atoms with van der Waals surface area (Å²) in [5.74, 6) is 1.69. The van der Waals surface area contributed by atoms with Crippen LogP contribution in [0.3, 0.4) is 0 Å². The van der Waals surface area contributed by atoms with Gasteiger partial charge in [0.1, 0.15) is 11.5 Å². The quantitative estimate of drug-likeness (QED) is 0.878. The predicted octanol–water partition coefficient (Wildman–Crippen LogP) is 1.96. The van der Waals surface area contributed by atoms with Crippen LogP contribution >= 0.6 is 0 Å². The van der Waals surface area contributed by atoms with Crippen molar-refractivity contribution >= 4 is 10.9 Å². The van der Waals surface area contributed by atoms with Crippen molar-refractivity contribution in [3.8, 4) is 11.5 Å². The zero-order valence-corrected chi connectivity index (χ0v) is 11.4. The highest BCUT2D eigenvalue weighted by Crippen LogP contribution is 2.34. The second-order valence-electron chi connectivity index (χ2n) is 4.34. The second-order valence-corrected chi connectivity index (χ2v) is 4.34. The van der Waals surface area contributed by atoms with Crippen LogP contribution in [0.1, 0.15) is 5.56 Å². The van der Waals surface area contributed by atoms with Crippen LogP contribution in [0.2, 0.25) is 0 Å². The van der Waals surface area contributed by atoms with Crippen molar-refractivity contribution in [2.75, 3.05) is 27.8 Å². The zero-order valence-electron chi connectivity index (χ0n) is 11.4. The van der Waals surface area contributed by atoms with E-state index in [0.29, 0.717) is 0 Å². The van der Waals surface area contributed by atoms with Gasteiger partial charge >= 0.3 is 0 Å². The smallest absolute Gasteiger partial charge is 0.132 e. The van der Waals surface area contributed by atoms with E-state index in [9.17, 15) is 0 Å². The van der Waals surface area contributed by atoms with Gasteiger partial charge in [-0.2, -0.15) is 0 Å². The average Bonchev–Trinajstić information content (AvgIpc) is 2.72. The number of hydrogen-bond donors (Lipinski definition) is 1. The molecule has 1 heterocycles. The molecule has 2 aromatic rings. The summed E-state index contributed by atoms with van der Waals surface area (Å²) in [7, 11) is 7.38. The number of fused-ring (bicyclic) bond motifs is 1. The number of methoxy groups -OCH3 is 2. The lowest BCUT2D eigenvalue weighted by atomic mass is 10.1. The van der Waals surface area contributed by atoms with E-state index < -0.39 is 0 Å². The number of aromatic nitrogens is 1. The van der Waals surface area contributed by atoms with E-state index in [1.54, 1.807) is 14.2 Å². The Balaban J connectivity index is 2.60. The topological polar surface area (TPSA) is 35.4 Å². The van der Waals surface area contributed by atoms with E-state index in [-0.39, 0.29) is 0 Å². The van der Waals surface area contributed by atoms with Crippen molar-refractivity contribution in [2.24, 2.45) is 7.05 Å². The highest BCUT2D eigenvalue weighted by Gasteiger charge is 2.13. The summed E-state index contributed by atoms with van der Waals surface area (Å²) in [6.07, 6.45) is 3.14. The van der Waals surface area contributed by atoms with Crippen LogP contribution in [0.25, 0.3) is 10.9 Å². The predicted molar refractivity (Wildman–Crippen MR) is 73.7 cm³/mol. The van der Waals surface area contributed by atoms with Crippen LogP contribution in [-0.4, -0.2) is 32.4 Å². The highest BCUT2D eigenvalue weighted by molar-refractivity contribution is 5.91. The Morgan fingerprint density at radius 2 is 2.00 bits per heavy atom. The van der Waals surface area contributed by atoms with Crippen LogP contribution in [0.4, 0.5) is 0 Å². The van der Waals surface area contributed by atoms with Crippen LogP contribution < -0.4 is 14.8 Å². The molecule has 18 heavy (non-hydrogen) atoms. The van der Waals surface area contributed by atoms with Gasteiger partial charge in [-0.15, -0.1) is 0 Å². The van der Waals surface area contributed by atoms with Gasteiger partial charge in [-0.05, 0) is 25.6 Å². The molecule has 1 aromatic carbocycles. The summed E-state index contributed by atoms with van der Waals surface area (Å²) < 4.78 is 12.9. The molecule has 0 bridgehead atoms. The molecule has 4 heteroatoms. The third-order valence-corrected chi connectivity index (χ3v) is 3.21. The highest BCUT2D eigenvalue weighted by atomic mass is 16.5. The minimum absolute atomic E-state index is 0.820. The number of hydrogen-bond acceptors (Lipinski definition) is 3. The first-order valence-electron chi connectivity index (χ1n) is 6.05. The molecule has 0 unspecified atom stereocenters. The standard InChI is InChI=1S/C14H20N2O2/c1-15-6-5-10-9-16(2)12-7-11(17-3)8-13(18-4)14(10)12/h7-9,15H,5-6H2,1-4H3. The van der Waals surface area contributed by atoms with Crippen molar-refractivity contribution in [3.05, 3.63) is 23.9 Å². The minimum Gasteiger partial charge on any atom is -0.497 e.